The molecule has 0 heterocycles. The van der Waals surface area contributed by atoms with Gasteiger partial charge < -0.3 is 17.0 Å². The van der Waals surface area contributed by atoms with Crippen molar-refractivity contribution in [2.24, 2.45) is 0 Å². The van der Waals surface area contributed by atoms with Crippen LogP contribution in [0.1, 0.15) is 0 Å². The largest absolute Gasteiger partial charge is 1.00 e. The topological polar surface area (TPSA) is 0 Å². The number of benzene rings is 1. The van der Waals surface area contributed by atoms with E-state index in [1.165, 1.54) is 0 Å². The zero-order valence-corrected chi connectivity index (χ0v) is 11.1. The molecule has 0 nitrogen and oxygen atoms in total. The maximum atomic E-state index is 5.76. The molecule has 4 heteroatoms. The van der Waals surface area contributed by atoms with Gasteiger partial charge in [0.25, 0.3) is 0 Å². The van der Waals surface area contributed by atoms with Crippen LogP contribution in [0.15, 0.2) is 18.2 Å². The molecule has 10 heavy (non-hydrogen) atoms. The average molecular weight is 291 g/mol. The second-order valence-corrected chi connectivity index (χ2v) is 4.00. The Morgan fingerprint density at radius 1 is 1.10 bits per heavy atom. The Balaban J connectivity index is 0.000000810. The van der Waals surface area contributed by atoms with Gasteiger partial charge in [-0.2, -0.15) is 0 Å². The summed E-state index contributed by atoms with van der Waals surface area (Å²) in [5.41, 5.74) is 0. The van der Waals surface area contributed by atoms with E-state index < -0.39 is 0 Å². The third-order valence-corrected chi connectivity index (χ3v) is 4.31. The molecule has 0 saturated heterocycles. The Hall–Kier alpha value is 0.903. The van der Waals surface area contributed by atoms with Gasteiger partial charge in [0.2, 0.25) is 0 Å². The number of hydrogen-bond donors (Lipinski definition) is 0. The van der Waals surface area contributed by atoms with Gasteiger partial charge in [0.05, 0.1) is 0 Å². The summed E-state index contributed by atoms with van der Waals surface area (Å²) in [5, 5.41) is 1.56. The van der Waals surface area contributed by atoms with Crippen molar-refractivity contribution in [1.29, 1.82) is 0 Å². The fourth-order valence-corrected chi connectivity index (χ4v) is 1.42. The van der Waals surface area contributed by atoms with Crippen molar-refractivity contribution in [1.82, 2.24) is 0 Å². The summed E-state index contributed by atoms with van der Waals surface area (Å²) >= 11 is 12.5. The standard InChI is InChI=1S/C6H3Cl2.BrH.Zn/c7-5-2-1-3-6(8)4-5;;/h1-3H;1H;/q;;+1/p-1. The normalized spacial score (nSPS) is 8.80. The van der Waals surface area contributed by atoms with Gasteiger partial charge in [0, 0.05) is 0 Å². The summed E-state index contributed by atoms with van der Waals surface area (Å²) < 4.78 is 1.07. The quantitative estimate of drug-likeness (QED) is 0.547. The summed E-state index contributed by atoms with van der Waals surface area (Å²) in [6.45, 7) is 0. The average Bonchev–Trinajstić information content (AvgIpc) is 1.83. The van der Waals surface area contributed by atoms with Crippen molar-refractivity contribution in [3.63, 3.8) is 0 Å². The van der Waals surface area contributed by atoms with Crippen LogP contribution in [0, 0.1) is 0 Å². The van der Waals surface area contributed by atoms with Crippen molar-refractivity contribution < 1.29 is 35.3 Å². The summed E-state index contributed by atoms with van der Waals surface area (Å²) in [7, 11) is 0. The van der Waals surface area contributed by atoms with E-state index >= 15 is 0 Å². The molecule has 0 aliphatic rings. The van der Waals surface area contributed by atoms with Crippen LogP contribution in [-0.2, 0) is 18.3 Å². The minimum Gasteiger partial charge on any atom is -1.00 e. The second kappa shape index (κ2) is 4.72. The zero-order valence-electron chi connectivity index (χ0n) is 5.07. The van der Waals surface area contributed by atoms with Gasteiger partial charge in [-0.1, -0.05) is 0 Å². The molecule has 0 aliphatic carbocycles. The van der Waals surface area contributed by atoms with Crippen LogP contribution in [0.25, 0.3) is 0 Å². The molecule has 1 aromatic rings. The maximum Gasteiger partial charge on any atom is -1.00 e. The van der Waals surface area contributed by atoms with Crippen LogP contribution in [0.2, 0.25) is 10.0 Å². The molecule has 1 rings (SSSR count). The molecule has 0 radical (unpaired) electrons. The molecule has 0 amide bonds. The van der Waals surface area contributed by atoms with Gasteiger partial charge in [-0.05, 0) is 0 Å². The zero-order chi connectivity index (χ0) is 6.85. The van der Waals surface area contributed by atoms with Crippen LogP contribution in [0.4, 0.5) is 0 Å². The first kappa shape index (κ1) is 10.9. The van der Waals surface area contributed by atoms with E-state index in [1.54, 1.807) is 0 Å². The van der Waals surface area contributed by atoms with E-state index in [0.29, 0.717) is 0 Å². The maximum absolute atomic E-state index is 5.76. The van der Waals surface area contributed by atoms with E-state index in [1.807, 2.05) is 18.2 Å². The van der Waals surface area contributed by atoms with Gasteiger partial charge >= 0.3 is 73.9 Å². The van der Waals surface area contributed by atoms with E-state index in [4.69, 9.17) is 23.2 Å². The van der Waals surface area contributed by atoms with Crippen LogP contribution in [-0.4, -0.2) is 0 Å². The van der Waals surface area contributed by atoms with Crippen molar-refractivity contribution in [2.75, 3.05) is 0 Å². The molecule has 0 bridgehead atoms. The first-order valence-electron chi connectivity index (χ1n) is 2.48. The minimum atomic E-state index is 0. The third-order valence-electron chi connectivity index (χ3n) is 1.06. The summed E-state index contributed by atoms with van der Waals surface area (Å²) in [6, 6.07) is 5.56. The summed E-state index contributed by atoms with van der Waals surface area (Å²) in [5.74, 6) is 0. The molecule has 0 aromatic heterocycles. The number of halogens is 3. The first-order chi connectivity index (χ1) is 4.22. The molecular weight excluding hydrogens is 288 g/mol. The molecule has 0 N–H and O–H groups in total. The van der Waals surface area contributed by atoms with Crippen LogP contribution in [0.5, 0.6) is 0 Å². The van der Waals surface area contributed by atoms with Crippen molar-refractivity contribution in [3.8, 4) is 0 Å². The van der Waals surface area contributed by atoms with E-state index in [2.05, 4.69) is 0 Å². The third kappa shape index (κ3) is 2.50. The molecule has 1 aromatic carbocycles. The summed E-state index contributed by atoms with van der Waals surface area (Å²) in [6.07, 6.45) is 0. The molecule has 50 valence electrons. The van der Waals surface area contributed by atoms with Gasteiger partial charge in [-0.3, -0.25) is 0 Å². The van der Waals surface area contributed by atoms with Crippen LogP contribution >= 0.6 is 23.2 Å². The Bertz CT molecular complexity index is 207. The number of hydrogen-bond acceptors (Lipinski definition) is 0. The second-order valence-electron chi connectivity index (χ2n) is 1.70. The molecule has 0 fully saturated rings. The Morgan fingerprint density at radius 3 is 1.80 bits per heavy atom. The molecule has 0 aliphatic heterocycles. The molecule has 0 atom stereocenters. The fourth-order valence-electron chi connectivity index (χ4n) is 0.532. The number of rotatable bonds is 0. The van der Waals surface area contributed by atoms with Crippen LogP contribution in [0.3, 0.4) is 0 Å². The SMILES string of the molecule is Clc1cccc(Cl)[c]1[Zn+].[Br-]. The fraction of sp³-hybridized carbons (Fsp3) is 0. The monoisotopic (exact) mass is 288 g/mol. The van der Waals surface area contributed by atoms with Crippen molar-refractivity contribution >= 4 is 27.4 Å². The minimum absolute atomic E-state index is 0. The first-order valence-corrected chi connectivity index (χ1v) is 4.72. The molecule has 0 spiro atoms. The molecule has 0 saturated carbocycles. The van der Waals surface area contributed by atoms with E-state index in [9.17, 15) is 0 Å². The van der Waals surface area contributed by atoms with Gasteiger partial charge in [0.1, 0.15) is 0 Å². The Kier molecular flexibility index (Phi) is 5.14. The smallest absolute Gasteiger partial charge is 1.00 e. The Labute approximate surface area is 90.3 Å². The van der Waals surface area contributed by atoms with Crippen molar-refractivity contribution in [2.45, 2.75) is 0 Å². The Morgan fingerprint density at radius 2 is 1.50 bits per heavy atom. The van der Waals surface area contributed by atoms with Gasteiger partial charge in [-0.25, -0.2) is 0 Å². The van der Waals surface area contributed by atoms with Gasteiger partial charge in [0.15, 0.2) is 0 Å². The van der Waals surface area contributed by atoms with Crippen molar-refractivity contribution in [3.05, 3.63) is 28.2 Å². The predicted octanol–water partition coefficient (Wildman–Crippen LogP) is -0.830. The molecule has 0 unspecified atom stereocenters. The molecular formula is C6H3BrCl2Zn. The summed E-state index contributed by atoms with van der Waals surface area (Å²) in [4.78, 5) is 0. The van der Waals surface area contributed by atoms with Crippen LogP contribution < -0.4 is 21.1 Å². The van der Waals surface area contributed by atoms with E-state index in [0.717, 1.165) is 32.5 Å². The predicted molar refractivity (Wildman–Crippen MR) is 36.1 cm³/mol. The van der Waals surface area contributed by atoms with E-state index in [-0.39, 0.29) is 17.0 Å². The van der Waals surface area contributed by atoms with Gasteiger partial charge in [-0.15, -0.1) is 0 Å².